The highest BCUT2D eigenvalue weighted by Gasteiger charge is 2.19. The number of amides is 1. The van der Waals surface area contributed by atoms with Crippen LogP contribution in [-0.4, -0.2) is 32.5 Å². The van der Waals surface area contributed by atoms with Gasteiger partial charge in [-0.3, -0.25) is 4.79 Å². The molecule has 7 nitrogen and oxygen atoms in total. The predicted molar refractivity (Wildman–Crippen MR) is 160 cm³/mol. The summed E-state index contributed by atoms with van der Waals surface area (Å²) in [6, 6.07) is 16.9. The van der Waals surface area contributed by atoms with E-state index in [0.717, 1.165) is 43.9 Å². The molecule has 1 aliphatic rings. The average molecular weight is 547 g/mol. The number of benzene rings is 2. The molecule has 2 aromatic carbocycles. The van der Waals surface area contributed by atoms with Gasteiger partial charge in [0, 0.05) is 18.0 Å². The SMILES string of the molecule is CCC1=C(N[C@H](CC)CCC=CCc2ccccc2)/N=C(Nc2cccc(S(C)(=O)=O)c2)\C(C(N)=O)=C\C=C\1. The molecule has 1 aliphatic heterocycles. The lowest BCUT2D eigenvalue weighted by molar-refractivity contribution is -0.114. The second-order valence-corrected chi connectivity index (χ2v) is 11.4. The summed E-state index contributed by atoms with van der Waals surface area (Å²) in [5.74, 6) is 0.270. The topological polar surface area (TPSA) is 114 Å². The average Bonchev–Trinajstić information content (AvgIpc) is 2.90. The van der Waals surface area contributed by atoms with Crippen LogP contribution in [0.25, 0.3) is 0 Å². The molecule has 3 rings (SSSR count). The first-order valence-corrected chi connectivity index (χ1v) is 15.1. The Morgan fingerprint density at radius 3 is 2.51 bits per heavy atom. The van der Waals surface area contributed by atoms with E-state index in [1.54, 1.807) is 24.3 Å². The highest BCUT2D eigenvalue weighted by Crippen LogP contribution is 2.21. The van der Waals surface area contributed by atoms with Crippen molar-refractivity contribution < 1.29 is 13.2 Å². The maximum Gasteiger partial charge on any atom is 0.252 e. The molecule has 4 N–H and O–H groups in total. The number of hydrogen-bond acceptors (Lipinski definition) is 6. The van der Waals surface area contributed by atoms with Crippen molar-refractivity contribution in [2.24, 2.45) is 10.7 Å². The quantitative estimate of drug-likeness (QED) is 0.306. The van der Waals surface area contributed by atoms with E-state index < -0.39 is 15.7 Å². The van der Waals surface area contributed by atoms with Gasteiger partial charge in [0.1, 0.15) is 11.7 Å². The molecule has 0 spiro atoms. The van der Waals surface area contributed by atoms with Gasteiger partial charge in [0.05, 0.1) is 10.5 Å². The number of sulfone groups is 1. The van der Waals surface area contributed by atoms with E-state index in [1.165, 1.54) is 17.7 Å². The maximum absolute atomic E-state index is 12.3. The fourth-order valence-corrected chi connectivity index (χ4v) is 4.80. The number of rotatable bonds is 12. The largest absolute Gasteiger partial charge is 0.367 e. The van der Waals surface area contributed by atoms with Crippen LogP contribution in [0.15, 0.2) is 112 Å². The lowest BCUT2D eigenvalue weighted by Crippen LogP contribution is -2.31. The molecule has 0 radical (unpaired) electrons. The molecule has 0 aliphatic carbocycles. The van der Waals surface area contributed by atoms with E-state index in [-0.39, 0.29) is 22.3 Å². The number of nitrogens with zero attached hydrogens (tertiary/aromatic N) is 1. The number of primary amides is 1. The Labute approximate surface area is 232 Å². The van der Waals surface area contributed by atoms with Gasteiger partial charge in [0.25, 0.3) is 5.91 Å². The molecule has 1 atom stereocenters. The molecule has 1 amide bonds. The van der Waals surface area contributed by atoms with Gasteiger partial charge < -0.3 is 16.4 Å². The van der Waals surface area contributed by atoms with Gasteiger partial charge in [-0.05, 0) is 67.5 Å². The molecule has 0 saturated carbocycles. The summed E-state index contributed by atoms with van der Waals surface area (Å²) in [5, 5.41) is 6.72. The highest BCUT2D eigenvalue weighted by atomic mass is 32.2. The van der Waals surface area contributed by atoms with Crippen molar-refractivity contribution in [3.05, 3.63) is 108 Å². The predicted octanol–water partition coefficient (Wildman–Crippen LogP) is 5.45. The zero-order chi connectivity index (χ0) is 28.3. The number of nitrogens with one attached hydrogen (secondary N) is 2. The second kappa shape index (κ2) is 14.3. The third-order valence-electron chi connectivity index (χ3n) is 6.39. The molecule has 0 fully saturated rings. The Hall–Kier alpha value is -3.91. The summed E-state index contributed by atoms with van der Waals surface area (Å²) in [7, 11) is -3.41. The van der Waals surface area contributed by atoms with Crippen LogP contribution < -0.4 is 16.4 Å². The van der Waals surface area contributed by atoms with Gasteiger partial charge in [0.2, 0.25) is 0 Å². The summed E-state index contributed by atoms with van der Waals surface area (Å²) >= 11 is 0. The van der Waals surface area contributed by atoms with E-state index in [9.17, 15) is 13.2 Å². The zero-order valence-electron chi connectivity index (χ0n) is 22.9. The first kappa shape index (κ1) is 29.6. The van der Waals surface area contributed by atoms with Crippen LogP contribution in [0.2, 0.25) is 0 Å². The Morgan fingerprint density at radius 1 is 1.08 bits per heavy atom. The second-order valence-electron chi connectivity index (χ2n) is 9.40. The summed E-state index contributed by atoms with van der Waals surface area (Å²) in [6.07, 6.45) is 15.3. The Bertz CT molecular complexity index is 1400. The van der Waals surface area contributed by atoms with Crippen molar-refractivity contribution >= 4 is 27.3 Å². The van der Waals surface area contributed by atoms with Gasteiger partial charge in [-0.15, -0.1) is 0 Å². The fourth-order valence-electron chi connectivity index (χ4n) is 4.13. The number of hydrogen-bond donors (Lipinski definition) is 3. The van der Waals surface area contributed by atoms with Crippen LogP contribution in [-0.2, 0) is 21.1 Å². The number of carbonyl (C=O) groups is 1. The Kier molecular flexibility index (Phi) is 10.9. The van der Waals surface area contributed by atoms with E-state index in [1.807, 2.05) is 31.2 Å². The van der Waals surface area contributed by atoms with Crippen LogP contribution in [0.5, 0.6) is 0 Å². The Morgan fingerprint density at radius 2 is 1.85 bits per heavy atom. The van der Waals surface area contributed by atoms with E-state index in [0.29, 0.717) is 11.5 Å². The molecule has 8 heteroatoms. The molecule has 0 unspecified atom stereocenters. The minimum absolute atomic E-state index is 0.162. The summed E-state index contributed by atoms with van der Waals surface area (Å²) < 4.78 is 24.1. The van der Waals surface area contributed by atoms with Gasteiger partial charge in [-0.25, -0.2) is 13.4 Å². The molecule has 0 bridgehead atoms. The monoisotopic (exact) mass is 546 g/mol. The summed E-state index contributed by atoms with van der Waals surface area (Å²) in [6.45, 7) is 4.18. The van der Waals surface area contributed by atoms with Crippen molar-refractivity contribution in [3.8, 4) is 0 Å². The normalized spacial score (nSPS) is 20.2. The van der Waals surface area contributed by atoms with Crippen LogP contribution in [0.1, 0.15) is 45.1 Å². The molecular formula is C31H38N4O3S. The smallest absolute Gasteiger partial charge is 0.252 e. The number of amidine groups is 1. The van der Waals surface area contributed by atoms with Crippen molar-refractivity contribution in [1.82, 2.24) is 5.32 Å². The zero-order valence-corrected chi connectivity index (χ0v) is 23.7. The molecule has 206 valence electrons. The van der Waals surface area contributed by atoms with E-state index in [2.05, 4.69) is 41.8 Å². The highest BCUT2D eigenvalue weighted by molar-refractivity contribution is 7.90. The third kappa shape index (κ3) is 9.11. The van der Waals surface area contributed by atoms with Crippen molar-refractivity contribution in [2.45, 2.75) is 56.9 Å². The number of allylic oxidation sites excluding steroid dienone is 6. The van der Waals surface area contributed by atoms with Gasteiger partial charge in [-0.2, -0.15) is 0 Å². The molecule has 1 heterocycles. The standard InChI is InChI=1S/C31H38N4O3S/c1-4-24-17-12-21-28(29(32)36)31(34-26-19-13-20-27(22-26)39(3,37)38)35-30(24)33-25(5-2)18-11-7-10-16-23-14-8-6-9-15-23/h6-10,12-15,17,19-22,25H,4-5,11,16,18H2,1-3H3,(H2,32,36)(H2,33,34,35)/t25-/m1/s1. The van der Waals surface area contributed by atoms with Crippen LogP contribution in [0.4, 0.5) is 5.69 Å². The fraction of sp³-hybridized carbons (Fsp3) is 0.290. The summed E-state index contributed by atoms with van der Waals surface area (Å²) in [4.78, 5) is 17.3. The first-order chi connectivity index (χ1) is 18.7. The maximum atomic E-state index is 12.3. The molecule has 2 aromatic rings. The molecular weight excluding hydrogens is 508 g/mol. The van der Waals surface area contributed by atoms with Crippen LogP contribution in [0, 0.1) is 0 Å². The van der Waals surface area contributed by atoms with E-state index in [4.69, 9.17) is 10.7 Å². The van der Waals surface area contributed by atoms with Gasteiger partial charge >= 0.3 is 0 Å². The lowest BCUT2D eigenvalue weighted by atomic mass is 10.1. The number of anilines is 1. The van der Waals surface area contributed by atoms with E-state index >= 15 is 0 Å². The van der Waals surface area contributed by atoms with Crippen LogP contribution >= 0.6 is 0 Å². The van der Waals surface area contributed by atoms with Crippen molar-refractivity contribution in [3.63, 3.8) is 0 Å². The number of carbonyl (C=O) groups excluding carboxylic acids is 1. The molecule has 0 aromatic heterocycles. The number of nitrogens with two attached hydrogens (primary N) is 1. The molecule has 39 heavy (non-hydrogen) atoms. The minimum atomic E-state index is -3.41. The number of aliphatic imine (C=N–C) groups is 1. The van der Waals surface area contributed by atoms with Gasteiger partial charge in [-0.1, -0.05) is 74.5 Å². The van der Waals surface area contributed by atoms with Crippen LogP contribution in [0.3, 0.4) is 0 Å². The molecule has 0 saturated heterocycles. The third-order valence-corrected chi connectivity index (χ3v) is 7.50. The summed E-state index contributed by atoms with van der Waals surface area (Å²) in [5.41, 5.74) is 8.66. The van der Waals surface area contributed by atoms with Crippen molar-refractivity contribution in [1.29, 1.82) is 0 Å². The van der Waals surface area contributed by atoms with Gasteiger partial charge in [0.15, 0.2) is 9.84 Å². The lowest BCUT2D eigenvalue weighted by Gasteiger charge is -2.22. The van der Waals surface area contributed by atoms with Crippen molar-refractivity contribution in [2.75, 3.05) is 11.6 Å². The Balaban J connectivity index is 1.83. The first-order valence-electron chi connectivity index (χ1n) is 13.2. The minimum Gasteiger partial charge on any atom is -0.367 e.